The van der Waals surface area contributed by atoms with Crippen LogP contribution >= 0.6 is 11.6 Å². The number of fused-ring (bicyclic) bond motifs is 3. The van der Waals surface area contributed by atoms with Crippen molar-refractivity contribution < 1.29 is 14.3 Å². The topological polar surface area (TPSA) is 113 Å². The van der Waals surface area contributed by atoms with Crippen LogP contribution in [-0.2, 0) is 14.3 Å². The molecule has 10 nitrogen and oxygen atoms in total. The molecule has 0 spiro atoms. The number of esters is 1. The molecule has 186 valence electrons. The van der Waals surface area contributed by atoms with E-state index in [0.717, 1.165) is 25.7 Å². The first kappa shape index (κ1) is 23.7. The Morgan fingerprint density at radius 3 is 2.69 bits per heavy atom. The summed E-state index contributed by atoms with van der Waals surface area (Å²) in [6.45, 7) is 6.95. The van der Waals surface area contributed by atoms with Gasteiger partial charge in [0, 0.05) is 17.8 Å². The third kappa shape index (κ3) is 4.90. The minimum absolute atomic E-state index is 0.242. The Balaban J connectivity index is 1.42. The minimum atomic E-state index is -0.828. The van der Waals surface area contributed by atoms with E-state index < -0.39 is 17.6 Å². The molecule has 2 aliphatic rings. The Kier molecular flexibility index (Phi) is 6.04. The highest BCUT2D eigenvalue weighted by Gasteiger charge is 2.35. The van der Waals surface area contributed by atoms with E-state index in [1.54, 1.807) is 46.2 Å². The zero-order chi connectivity index (χ0) is 24.9. The fraction of sp³-hybridized carbons (Fsp3) is 0.542. The molecule has 2 fully saturated rings. The number of carbonyl (C=O) groups is 1. The molecule has 2 saturated heterocycles. The van der Waals surface area contributed by atoms with E-state index in [2.05, 4.69) is 20.4 Å². The lowest BCUT2D eigenvalue weighted by Gasteiger charge is -2.29. The highest BCUT2D eigenvalue weighted by Crippen LogP contribution is 2.34. The Bertz CT molecular complexity index is 1320. The third-order valence-electron chi connectivity index (χ3n) is 6.36. The maximum absolute atomic E-state index is 13.2. The average Bonchev–Trinajstić information content (AvgIpc) is 3.37. The maximum atomic E-state index is 13.2. The lowest BCUT2D eigenvalue weighted by Crippen LogP contribution is -2.34. The zero-order valence-corrected chi connectivity index (χ0v) is 21.0. The quantitative estimate of drug-likeness (QED) is 0.528. The van der Waals surface area contributed by atoms with E-state index in [4.69, 9.17) is 21.1 Å². The molecule has 5 rings (SSSR count). The van der Waals surface area contributed by atoms with Crippen LogP contribution in [-0.4, -0.2) is 54.0 Å². The first-order valence-corrected chi connectivity index (χ1v) is 12.2. The lowest BCUT2D eigenvalue weighted by molar-refractivity contribution is -0.158. The number of halogens is 1. The first-order valence-electron chi connectivity index (χ1n) is 11.8. The second-order valence-electron chi connectivity index (χ2n) is 10.3. The van der Waals surface area contributed by atoms with Crippen LogP contribution in [0.15, 0.2) is 29.6 Å². The third-order valence-corrected chi connectivity index (χ3v) is 6.64. The van der Waals surface area contributed by atoms with Crippen molar-refractivity contribution in [1.29, 1.82) is 0 Å². The number of nitrogens with one attached hydrogen (secondary N) is 1. The molecule has 1 N–H and O–H groups in total. The van der Waals surface area contributed by atoms with Gasteiger partial charge < -0.3 is 14.8 Å². The molecule has 5 heterocycles. The summed E-state index contributed by atoms with van der Waals surface area (Å²) in [6.07, 6.45) is 9.22. The van der Waals surface area contributed by atoms with Crippen LogP contribution in [0.1, 0.15) is 59.4 Å². The molecule has 0 aliphatic carbocycles. The summed E-state index contributed by atoms with van der Waals surface area (Å²) >= 11 is 6.43. The van der Waals surface area contributed by atoms with Gasteiger partial charge in [-0.15, -0.1) is 0 Å². The molecule has 3 atom stereocenters. The predicted molar refractivity (Wildman–Crippen MR) is 131 cm³/mol. The Morgan fingerprint density at radius 2 is 2.00 bits per heavy atom. The number of ether oxygens (including phenoxy) is 2. The fourth-order valence-electron chi connectivity index (χ4n) is 4.71. The van der Waals surface area contributed by atoms with Crippen molar-refractivity contribution in [2.45, 2.75) is 83.3 Å². The summed E-state index contributed by atoms with van der Waals surface area (Å²) in [5, 5.41) is 8.09. The monoisotopic (exact) mass is 500 g/mol. The van der Waals surface area contributed by atoms with E-state index in [1.165, 1.54) is 15.4 Å². The number of hydrogen-bond donors (Lipinski definition) is 1. The molecule has 3 unspecified atom stereocenters. The number of aromatic nitrogens is 5. The summed E-state index contributed by atoms with van der Waals surface area (Å²) in [5.41, 5.74) is 0.388. The van der Waals surface area contributed by atoms with Crippen molar-refractivity contribution in [3.63, 3.8) is 0 Å². The molecule has 0 radical (unpaired) electrons. The van der Waals surface area contributed by atoms with Crippen LogP contribution in [0.3, 0.4) is 0 Å². The Hall–Kier alpha value is -2.98. The standard InChI is InChI=1S/C24H29ClN6O4/c1-13(22(33)35-24(2,3)4)30-12-27-31-11-14(7-19(31)21(30)32)20-18(25)10-26-23(29-20)28-15-8-16-5-6-17(9-15)34-16/h7,10-13,15-17H,5-6,8-9H2,1-4H3,(H,26,28,29). The van der Waals surface area contributed by atoms with Crippen LogP contribution in [0.5, 0.6) is 0 Å². The highest BCUT2D eigenvalue weighted by atomic mass is 35.5. The van der Waals surface area contributed by atoms with Crippen LogP contribution in [0.25, 0.3) is 16.8 Å². The number of anilines is 1. The highest BCUT2D eigenvalue weighted by molar-refractivity contribution is 6.32. The molecular weight excluding hydrogens is 472 g/mol. The SMILES string of the molecule is CC(C(=O)OC(C)(C)C)n1cnn2cc(-c3nc(NC4CC5CCC(C4)O5)ncc3Cl)cc2c1=O. The van der Waals surface area contributed by atoms with Gasteiger partial charge in [0.25, 0.3) is 5.56 Å². The Labute approximate surface area is 207 Å². The van der Waals surface area contributed by atoms with Crippen molar-refractivity contribution in [3.8, 4) is 11.3 Å². The lowest BCUT2D eigenvalue weighted by atomic mass is 10.0. The Morgan fingerprint density at radius 1 is 1.29 bits per heavy atom. The van der Waals surface area contributed by atoms with Crippen molar-refractivity contribution in [2.24, 2.45) is 0 Å². The molecule has 35 heavy (non-hydrogen) atoms. The second-order valence-corrected chi connectivity index (χ2v) is 10.7. The van der Waals surface area contributed by atoms with E-state index in [-0.39, 0.29) is 11.6 Å². The van der Waals surface area contributed by atoms with E-state index in [1.807, 2.05) is 0 Å². The summed E-state index contributed by atoms with van der Waals surface area (Å²) < 4.78 is 14.1. The fourth-order valence-corrected chi connectivity index (χ4v) is 4.91. The van der Waals surface area contributed by atoms with E-state index in [9.17, 15) is 9.59 Å². The van der Waals surface area contributed by atoms with Gasteiger partial charge in [0.15, 0.2) is 0 Å². The summed E-state index contributed by atoms with van der Waals surface area (Å²) in [4.78, 5) is 34.7. The van der Waals surface area contributed by atoms with Gasteiger partial charge in [-0.05, 0) is 59.4 Å². The maximum Gasteiger partial charge on any atom is 0.329 e. The molecule has 3 aromatic rings. The van der Waals surface area contributed by atoms with Gasteiger partial charge in [-0.2, -0.15) is 5.10 Å². The van der Waals surface area contributed by atoms with Gasteiger partial charge in [0.05, 0.1) is 29.1 Å². The normalized spacial score (nSPS) is 22.8. The number of nitrogens with zero attached hydrogens (tertiary/aromatic N) is 5. The van der Waals surface area contributed by atoms with Gasteiger partial charge >= 0.3 is 5.97 Å². The zero-order valence-electron chi connectivity index (χ0n) is 20.2. The van der Waals surface area contributed by atoms with Crippen molar-refractivity contribution in [2.75, 3.05) is 5.32 Å². The molecule has 0 aromatic carbocycles. The second kappa shape index (κ2) is 8.91. The number of carbonyl (C=O) groups excluding carboxylic acids is 1. The van der Waals surface area contributed by atoms with Gasteiger partial charge in [-0.25, -0.2) is 19.3 Å². The number of rotatable bonds is 5. The van der Waals surface area contributed by atoms with Gasteiger partial charge in [0.2, 0.25) is 5.95 Å². The largest absolute Gasteiger partial charge is 0.458 e. The molecule has 0 amide bonds. The van der Waals surface area contributed by atoms with E-state index in [0.29, 0.717) is 40.0 Å². The predicted octanol–water partition coefficient (Wildman–Crippen LogP) is 3.63. The molecule has 2 aliphatic heterocycles. The molecule has 3 aromatic heterocycles. The molecule has 0 saturated carbocycles. The van der Waals surface area contributed by atoms with Gasteiger partial charge in [-0.1, -0.05) is 11.6 Å². The van der Waals surface area contributed by atoms with Crippen molar-refractivity contribution in [3.05, 3.63) is 40.2 Å². The number of hydrogen-bond acceptors (Lipinski definition) is 8. The van der Waals surface area contributed by atoms with Crippen LogP contribution in [0, 0.1) is 0 Å². The molecule has 11 heteroatoms. The van der Waals surface area contributed by atoms with Crippen molar-refractivity contribution in [1.82, 2.24) is 24.1 Å². The van der Waals surface area contributed by atoms with Crippen LogP contribution < -0.4 is 10.9 Å². The molecular formula is C24H29ClN6O4. The summed E-state index contributed by atoms with van der Waals surface area (Å²) in [7, 11) is 0. The van der Waals surface area contributed by atoms with Gasteiger partial charge in [-0.3, -0.25) is 9.36 Å². The minimum Gasteiger partial charge on any atom is -0.458 e. The smallest absolute Gasteiger partial charge is 0.329 e. The van der Waals surface area contributed by atoms with Crippen LogP contribution in [0.2, 0.25) is 5.02 Å². The van der Waals surface area contributed by atoms with Gasteiger partial charge in [0.1, 0.15) is 23.5 Å². The van der Waals surface area contributed by atoms with Crippen LogP contribution in [0.4, 0.5) is 5.95 Å². The summed E-state index contributed by atoms with van der Waals surface area (Å²) in [5.74, 6) is -0.0245. The van der Waals surface area contributed by atoms with E-state index >= 15 is 0 Å². The molecule has 2 bridgehead atoms. The average molecular weight is 501 g/mol. The first-order chi connectivity index (χ1) is 16.6. The summed E-state index contributed by atoms with van der Waals surface area (Å²) in [6, 6.07) is 1.08. The van der Waals surface area contributed by atoms with Crippen molar-refractivity contribution >= 4 is 29.0 Å².